The molecule has 1 aliphatic heterocycles. The van der Waals surface area contributed by atoms with Gasteiger partial charge in [0.05, 0.1) is 5.60 Å². The first-order chi connectivity index (χ1) is 11.7. The molecule has 3 heteroatoms. The lowest BCUT2D eigenvalue weighted by Crippen LogP contribution is -2.50. The fraction of sp³-hybridized carbons (Fsp3) is 0.714. The molecule has 1 aromatic rings. The Morgan fingerprint density at radius 2 is 1.58 bits per heavy atom. The van der Waals surface area contributed by atoms with Gasteiger partial charge < -0.3 is 15.3 Å². The van der Waals surface area contributed by atoms with Crippen molar-refractivity contribution >= 4 is 0 Å². The van der Waals surface area contributed by atoms with Gasteiger partial charge in [-0.1, -0.05) is 30.3 Å². The van der Waals surface area contributed by atoms with E-state index >= 15 is 0 Å². The van der Waals surface area contributed by atoms with Gasteiger partial charge in [0, 0.05) is 19.1 Å². The molecule has 2 saturated carbocycles. The van der Waals surface area contributed by atoms with Crippen LogP contribution in [-0.2, 0) is 6.42 Å². The minimum Gasteiger partial charge on any atom is -0.388 e. The molecule has 1 heterocycles. The Morgan fingerprint density at radius 3 is 2.17 bits per heavy atom. The van der Waals surface area contributed by atoms with Crippen LogP contribution in [0.3, 0.4) is 0 Å². The zero-order valence-electron chi connectivity index (χ0n) is 14.8. The second-order valence-corrected chi connectivity index (χ2v) is 8.27. The van der Waals surface area contributed by atoms with Crippen LogP contribution < -0.4 is 5.32 Å². The van der Waals surface area contributed by atoms with Gasteiger partial charge in [0.2, 0.25) is 0 Å². The van der Waals surface area contributed by atoms with Crippen molar-refractivity contribution in [2.45, 2.75) is 56.6 Å². The summed E-state index contributed by atoms with van der Waals surface area (Å²) >= 11 is 0. The maximum absolute atomic E-state index is 11.0. The van der Waals surface area contributed by atoms with E-state index < -0.39 is 0 Å². The van der Waals surface area contributed by atoms with Gasteiger partial charge in [0.15, 0.2) is 0 Å². The van der Waals surface area contributed by atoms with E-state index in [9.17, 15) is 5.11 Å². The largest absolute Gasteiger partial charge is 0.388 e. The van der Waals surface area contributed by atoms with E-state index in [0.717, 1.165) is 13.0 Å². The van der Waals surface area contributed by atoms with Crippen molar-refractivity contribution in [3.8, 4) is 0 Å². The van der Waals surface area contributed by atoms with Gasteiger partial charge in [0.25, 0.3) is 0 Å². The summed E-state index contributed by atoms with van der Waals surface area (Å²) in [5.41, 5.74) is 1.06. The van der Waals surface area contributed by atoms with Crippen LogP contribution in [0.1, 0.15) is 44.1 Å². The number of nitrogens with zero attached hydrogens (tertiary/aromatic N) is 1. The zero-order valence-corrected chi connectivity index (χ0v) is 14.8. The second kappa shape index (κ2) is 7.15. The van der Waals surface area contributed by atoms with Crippen molar-refractivity contribution in [2.24, 2.45) is 11.8 Å². The van der Waals surface area contributed by atoms with Gasteiger partial charge in [-0.15, -0.1) is 0 Å². The summed E-state index contributed by atoms with van der Waals surface area (Å²) in [5, 5.41) is 14.7. The molecule has 3 fully saturated rings. The molecule has 132 valence electrons. The van der Waals surface area contributed by atoms with Gasteiger partial charge in [-0.3, -0.25) is 0 Å². The third-order valence-electron chi connectivity index (χ3n) is 6.39. The molecule has 1 aromatic carbocycles. The number of aliphatic hydroxyl groups is 1. The van der Waals surface area contributed by atoms with Crippen LogP contribution in [0.5, 0.6) is 0 Å². The Bertz CT molecular complexity index is 504. The number of likely N-dealkylation sites (tertiary alicyclic amines) is 1. The molecule has 4 rings (SSSR count). The van der Waals surface area contributed by atoms with Crippen molar-refractivity contribution in [3.63, 3.8) is 0 Å². The monoisotopic (exact) mass is 328 g/mol. The molecule has 0 aromatic heterocycles. The van der Waals surface area contributed by atoms with Gasteiger partial charge in [-0.2, -0.15) is 0 Å². The minimum atomic E-state index is -0.384. The number of hydrogen-bond acceptors (Lipinski definition) is 3. The topological polar surface area (TPSA) is 35.5 Å². The van der Waals surface area contributed by atoms with E-state index in [1.807, 2.05) is 0 Å². The van der Waals surface area contributed by atoms with Crippen molar-refractivity contribution in [1.82, 2.24) is 10.2 Å². The quantitative estimate of drug-likeness (QED) is 0.770. The summed E-state index contributed by atoms with van der Waals surface area (Å²) in [6.07, 6.45) is 8.57. The molecule has 2 N–H and O–H groups in total. The van der Waals surface area contributed by atoms with Crippen LogP contribution in [0.25, 0.3) is 0 Å². The Labute approximate surface area is 146 Å². The fourth-order valence-corrected chi connectivity index (χ4v) is 4.39. The summed E-state index contributed by atoms with van der Waals surface area (Å²) in [6.45, 7) is 4.38. The predicted octanol–water partition coefficient (Wildman–Crippen LogP) is 2.83. The molecule has 24 heavy (non-hydrogen) atoms. The van der Waals surface area contributed by atoms with E-state index in [1.165, 1.54) is 63.7 Å². The highest BCUT2D eigenvalue weighted by Gasteiger charge is 2.53. The molecule has 2 aliphatic carbocycles. The smallest absolute Gasteiger partial charge is 0.0827 e. The molecule has 0 unspecified atom stereocenters. The fourth-order valence-electron chi connectivity index (χ4n) is 4.39. The Balaban J connectivity index is 1.18. The van der Waals surface area contributed by atoms with E-state index in [-0.39, 0.29) is 5.60 Å². The molecule has 3 aliphatic rings. The third kappa shape index (κ3) is 4.01. The molecule has 0 atom stereocenters. The Morgan fingerprint density at radius 1 is 0.958 bits per heavy atom. The number of hydrogen-bond donors (Lipinski definition) is 2. The number of benzene rings is 1. The lowest BCUT2D eigenvalue weighted by atomic mass is 9.91. The van der Waals surface area contributed by atoms with E-state index in [2.05, 4.69) is 40.5 Å². The Kier molecular flexibility index (Phi) is 4.93. The average Bonchev–Trinajstić information content (AvgIpc) is 3.51. The molecule has 0 amide bonds. The highest BCUT2D eigenvalue weighted by molar-refractivity contribution is 5.14. The molecule has 3 nitrogen and oxygen atoms in total. The summed E-state index contributed by atoms with van der Waals surface area (Å²) in [7, 11) is 0. The van der Waals surface area contributed by atoms with Crippen LogP contribution in [0.4, 0.5) is 0 Å². The van der Waals surface area contributed by atoms with Gasteiger partial charge in [-0.05, 0) is 75.4 Å². The van der Waals surface area contributed by atoms with Crippen molar-refractivity contribution in [1.29, 1.82) is 0 Å². The van der Waals surface area contributed by atoms with Crippen LogP contribution in [0.2, 0.25) is 0 Å². The normalized spacial score (nSPS) is 23.5. The predicted molar refractivity (Wildman–Crippen MR) is 98.0 cm³/mol. The maximum atomic E-state index is 11.0. The Hall–Kier alpha value is -0.900. The molecule has 0 radical (unpaired) electrons. The first kappa shape index (κ1) is 16.6. The van der Waals surface area contributed by atoms with Gasteiger partial charge in [-0.25, -0.2) is 0 Å². The van der Waals surface area contributed by atoms with Crippen LogP contribution in [-0.4, -0.2) is 47.8 Å². The van der Waals surface area contributed by atoms with E-state index in [1.54, 1.807) is 0 Å². The van der Waals surface area contributed by atoms with Crippen LogP contribution in [0.15, 0.2) is 30.3 Å². The van der Waals surface area contributed by atoms with Crippen LogP contribution in [0, 0.1) is 11.8 Å². The van der Waals surface area contributed by atoms with Gasteiger partial charge in [0.1, 0.15) is 0 Å². The first-order valence-electron chi connectivity index (χ1n) is 9.96. The molecule has 0 spiro atoms. The second-order valence-electron chi connectivity index (χ2n) is 8.27. The summed E-state index contributed by atoms with van der Waals surface area (Å²) < 4.78 is 0. The molecule has 1 saturated heterocycles. The average molecular weight is 329 g/mol. The molecule has 0 bridgehead atoms. The lowest BCUT2D eigenvalue weighted by molar-refractivity contribution is -0.00797. The lowest BCUT2D eigenvalue weighted by Gasteiger charge is -2.35. The third-order valence-corrected chi connectivity index (χ3v) is 6.39. The summed E-state index contributed by atoms with van der Waals surface area (Å²) in [6, 6.07) is 11.4. The van der Waals surface area contributed by atoms with Gasteiger partial charge >= 0.3 is 0 Å². The first-order valence-corrected chi connectivity index (χ1v) is 9.96. The van der Waals surface area contributed by atoms with Crippen molar-refractivity contribution < 1.29 is 5.11 Å². The van der Waals surface area contributed by atoms with Crippen molar-refractivity contribution in [2.75, 3.05) is 26.2 Å². The summed E-state index contributed by atoms with van der Waals surface area (Å²) in [4.78, 5) is 2.60. The molecular formula is C21H32N2O. The van der Waals surface area contributed by atoms with Crippen LogP contribution >= 0.6 is 0 Å². The number of nitrogens with one attached hydrogen (secondary N) is 1. The summed E-state index contributed by atoms with van der Waals surface area (Å²) in [5.74, 6) is 1.17. The number of piperidine rings is 1. The molecular weight excluding hydrogens is 296 g/mol. The van der Waals surface area contributed by atoms with E-state index in [4.69, 9.17) is 0 Å². The van der Waals surface area contributed by atoms with Crippen molar-refractivity contribution in [3.05, 3.63) is 35.9 Å². The number of rotatable bonds is 8. The highest BCUT2D eigenvalue weighted by Crippen LogP contribution is 2.51. The van der Waals surface area contributed by atoms with E-state index in [0.29, 0.717) is 17.9 Å². The standard InChI is InChI=1S/C21H32N2O/c24-21(18-6-7-18,19-8-9-19)16-22-20-11-14-23(15-12-20)13-10-17-4-2-1-3-5-17/h1-5,18-20,22,24H,6-16H2. The SMILES string of the molecule is OC(CNC1CCN(CCc2ccccc2)CC1)(C1CC1)C1CC1. The maximum Gasteiger partial charge on any atom is 0.0827 e. The minimum absolute atomic E-state index is 0.384. The highest BCUT2D eigenvalue weighted by atomic mass is 16.3. The zero-order chi connectivity index (χ0) is 16.4.